The van der Waals surface area contributed by atoms with Crippen LogP contribution in [0.3, 0.4) is 0 Å². The highest BCUT2D eigenvalue weighted by atomic mass is 32.2. The molecule has 0 bridgehead atoms. The van der Waals surface area contributed by atoms with Crippen molar-refractivity contribution < 1.29 is 0 Å². The molecular weight excluding hydrogens is 70.1 g/mol. The SMILES string of the molecule is CC1NS1. The lowest BCUT2D eigenvalue weighted by atomic mass is 10.8. The Morgan fingerprint density at radius 3 is 2.25 bits per heavy atom. The van der Waals surface area contributed by atoms with Crippen molar-refractivity contribution in [1.82, 2.24) is 4.72 Å². The molecule has 24 valence electrons. The van der Waals surface area contributed by atoms with Crippen LogP contribution in [0.25, 0.3) is 0 Å². The molecule has 1 N–H and O–H groups in total. The molecule has 1 aliphatic rings. The van der Waals surface area contributed by atoms with Crippen LogP contribution in [0.4, 0.5) is 0 Å². The molecule has 1 saturated heterocycles. The summed E-state index contributed by atoms with van der Waals surface area (Å²) in [5.41, 5.74) is 0. The largest absolute Gasteiger partial charge is 0.249 e. The average molecular weight is 75.1 g/mol. The van der Waals surface area contributed by atoms with Crippen LogP contribution in [-0.2, 0) is 0 Å². The molecule has 1 unspecified atom stereocenters. The van der Waals surface area contributed by atoms with Gasteiger partial charge in [0.05, 0.1) is 5.37 Å². The maximum absolute atomic E-state index is 3.01. The van der Waals surface area contributed by atoms with Gasteiger partial charge < -0.3 is 0 Å². The van der Waals surface area contributed by atoms with Gasteiger partial charge in [-0.25, -0.2) is 4.72 Å². The lowest BCUT2D eigenvalue weighted by molar-refractivity contribution is 1.09. The second kappa shape index (κ2) is 0.626. The maximum Gasteiger partial charge on any atom is 0.0744 e. The van der Waals surface area contributed by atoms with Gasteiger partial charge in [-0.05, 0) is 6.92 Å². The monoisotopic (exact) mass is 75.0 g/mol. The zero-order valence-electron chi connectivity index (χ0n) is 2.49. The van der Waals surface area contributed by atoms with E-state index in [0.717, 1.165) is 5.37 Å². The number of hydrogen-bond acceptors (Lipinski definition) is 2. The van der Waals surface area contributed by atoms with E-state index in [1.165, 1.54) is 0 Å². The molecule has 4 heavy (non-hydrogen) atoms. The molecule has 1 heterocycles. The molecule has 2 heteroatoms. The van der Waals surface area contributed by atoms with Gasteiger partial charge in [0, 0.05) is 0 Å². The van der Waals surface area contributed by atoms with Crippen molar-refractivity contribution in [1.29, 1.82) is 0 Å². The molecule has 0 aliphatic carbocycles. The summed E-state index contributed by atoms with van der Waals surface area (Å²) in [5.74, 6) is 0. The molecule has 1 fully saturated rings. The lowest BCUT2D eigenvalue weighted by Crippen LogP contribution is -1.72. The summed E-state index contributed by atoms with van der Waals surface area (Å²) in [4.78, 5) is 0. The Morgan fingerprint density at radius 2 is 2.25 bits per heavy atom. The highest BCUT2D eigenvalue weighted by Gasteiger charge is 2.12. The Hall–Kier alpha value is 0.310. The van der Waals surface area contributed by atoms with E-state index in [0.29, 0.717) is 0 Å². The second-order valence-electron chi connectivity index (χ2n) is 0.878. The summed E-state index contributed by atoms with van der Waals surface area (Å²) in [6.07, 6.45) is 0. The van der Waals surface area contributed by atoms with E-state index in [-0.39, 0.29) is 0 Å². The van der Waals surface area contributed by atoms with E-state index in [1.807, 2.05) is 0 Å². The van der Waals surface area contributed by atoms with E-state index in [9.17, 15) is 0 Å². The summed E-state index contributed by atoms with van der Waals surface area (Å²) >= 11 is 1.77. The third kappa shape index (κ3) is 0.362. The van der Waals surface area contributed by atoms with E-state index in [2.05, 4.69) is 11.6 Å². The van der Waals surface area contributed by atoms with Crippen LogP contribution in [0.5, 0.6) is 0 Å². The van der Waals surface area contributed by atoms with Gasteiger partial charge in [0.25, 0.3) is 0 Å². The second-order valence-corrected chi connectivity index (χ2v) is 2.06. The van der Waals surface area contributed by atoms with Crippen molar-refractivity contribution in [3.63, 3.8) is 0 Å². The molecule has 0 spiro atoms. The van der Waals surface area contributed by atoms with E-state index >= 15 is 0 Å². The fourth-order valence-electron chi connectivity index (χ4n) is 0.0680. The summed E-state index contributed by atoms with van der Waals surface area (Å²) < 4.78 is 3.01. The Balaban J connectivity index is 2.17. The third-order valence-corrected chi connectivity index (χ3v) is 1.06. The van der Waals surface area contributed by atoms with Crippen molar-refractivity contribution in [2.75, 3.05) is 0 Å². The first-order valence-electron chi connectivity index (χ1n) is 1.31. The highest BCUT2D eigenvalue weighted by Crippen LogP contribution is 2.17. The number of rotatable bonds is 0. The maximum atomic E-state index is 3.01. The Bertz CT molecular complexity index is 25.2. The Morgan fingerprint density at radius 1 is 2.00 bits per heavy atom. The molecule has 1 nitrogen and oxygen atoms in total. The summed E-state index contributed by atoms with van der Waals surface area (Å²) in [7, 11) is 0. The predicted molar refractivity (Wildman–Crippen MR) is 20.2 cm³/mol. The van der Waals surface area contributed by atoms with Gasteiger partial charge in [-0.2, -0.15) is 0 Å². The van der Waals surface area contributed by atoms with Gasteiger partial charge in [0.15, 0.2) is 0 Å². The van der Waals surface area contributed by atoms with Crippen molar-refractivity contribution >= 4 is 11.9 Å². The lowest BCUT2D eigenvalue weighted by Gasteiger charge is -1.48. The van der Waals surface area contributed by atoms with E-state index in [1.54, 1.807) is 11.9 Å². The van der Waals surface area contributed by atoms with Gasteiger partial charge in [-0.1, -0.05) is 11.9 Å². The van der Waals surface area contributed by atoms with Crippen molar-refractivity contribution in [2.24, 2.45) is 0 Å². The van der Waals surface area contributed by atoms with Gasteiger partial charge in [0.1, 0.15) is 0 Å². The first kappa shape index (κ1) is 2.54. The fourth-order valence-corrected chi connectivity index (χ4v) is 0.204. The molecule has 0 amide bonds. The van der Waals surface area contributed by atoms with Gasteiger partial charge in [0.2, 0.25) is 0 Å². The molecule has 0 aromatic heterocycles. The molecule has 0 radical (unpaired) electrons. The smallest absolute Gasteiger partial charge is 0.0744 e. The summed E-state index contributed by atoms with van der Waals surface area (Å²) in [6, 6.07) is 0. The van der Waals surface area contributed by atoms with Crippen molar-refractivity contribution in [3.05, 3.63) is 0 Å². The molecular formula is C2H5NS. The van der Waals surface area contributed by atoms with Crippen LogP contribution in [0, 0.1) is 0 Å². The molecule has 1 aliphatic heterocycles. The van der Waals surface area contributed by atoms with Crippen LogP contribution in [0.2, 0.25) is 0 Å². The molecule has 1 rings (SSSR count). The van der Waals surface area contributed by atoms with Crippen molar-refractivity contribution in [2.45, 2.75) is 12.3 Å². The first-order chi connectivity index (χ1) is 1.89. The van der Waals surface area contributed by atoms with Crippen LogP contribution >= 0.6 is 11.9 Å². The summed E-state index contributed by atoms with van der Waals surface area (Å²) in [6.45, 7) is 2.13. The minimum absolute atomic E-state index is 0.750. The van der Waals surface area contributed by atoms with E-state index in [4.69, 9.17) is 0 Å². The molecule has 1 atom stereocenters. The molecule has 0 aromatic rings. The van der Waals surface area contributed by atoms with Crippen LogP contribution in [0.15, 0.2) is 0 Å². The van der Waals surface area contributed by atoms with Gasteiger partial charge >= 0.3 is 0 Å². The average Bonchev–Trinajstić information content (AvgIpc) is 1.75. The standard InChI is InChI=1S/C2H5NS/c1-2-3-4-2/h2-3H,1H3. The topological polar surface area (TPSA) is 21.9 Å². The quantitative estimate of drug-likeness (QED) is 0.336. The van der Waals surface area contributed by atoms with Crippen molar-refractivity contribution in [3.8, 4) is 0 Å². The zero-order chi connectivity index (χ0) is 2.99. The summed E-state index contributed by atoms with van der Waals surface area (Å²) in [5, 5.41) is 0.750. The molecule has 0 aromatic carbocycles. The zero-order valence-corrected chi connectivity index (χ0v) is 3.30. The van der Waals surface area contributed by atoms with Gasteiger partial charge in [-0.15, -0.1) is 0 Å². The normalized spacial score (nSPS) is 39.8. The van der Waals surface area contributed by atoms with Crippen LogP contribution in [-0.4, -0.2) is 5.37 Å². The minimum Gasteiger partial charge on any atom is -0.249 e. The number of hydrogen-bond donors (Lipinski definition) is 1. The Kier molecular flexibility index (Phi) is 0.398. The highest BCUT2D eigenvalue weighted by molar-refractivity contribution is 8.04. The van der Waals surface area contributed by atoms with Gasteiger partial charge in [-0.3, -0.25) is 0 Å². The number of nitrogens with one attached hydrogen (secondary N) is 1. The van der Waals surface area contributed by atoms with Crippen LogP contribution in [0.1, 0.15) is 6.92 Å². The third-order valence-electron chi connectivity index (χ3n) is 0.354. The first-order valence-corrected chi connectivity index (χ1v) is 2.19. The fraction of sp³-hybridized carbons (Fsp3) is 1.00. The molecule has 0 saturated carbocycles. The Labute approximate surface area is 29.9 Å². The predicted octanol–water partition coefficient (Wildman–Crippen LogP) is 0.584. The van der Waals surface area contributed by atoms with Crippen LogP contribution < -0.4 is 4.72 Å². The van der Waals surface area contributed by atoms with E-state index < -0.39 is 0 Å². The minimum atomic E-state index is 0.750.